The number of nitrogens with zero attached hydrogens (tertiary/aromatic N) is 2. The SMILES string of the molecule is CC(=O)NC(C(=O)N1CCC2(CC1)CN(C(C)C)C2c1ccc(Cl)cc1)c1ccccc1. The smallest absolute Gasteiger partial charge is 0.249 e. The molecule has 2 unspecified atom stereocenters. The molecule has 32 heavy (non-hydrogen) atoms. The van der Waals surface area contributed by atoms with E-state index in [0.29, 0.717) is 25.2 Å². The highest BCUT2D eigenvalue weighted by molar-refractivity contribution is 6.30. The molecule has 6 heteroatoms. The van der Waals surface area contributed by atoms with Crippen molar-refractivity contribution in [3.8, 4) is 0 Å². The van der Waals surface area contributed by atoms with Gasteiger partial charge < -0.3 is 10.2 Å². The van der Waals surface area contributed by atoms with Gasteiger partial charge in [0.25, 0.3) is 0 Å². The molecule has 2 amide bonds. The van der Waals surface area contributed by atoms with Crippen molar-refractivity contribution in [2.75, 3.05) is 19.6 Å². The third kappa shape index (κ3) is 4.41. The lowest BCUT2D eigenvalue weighted by molar-refractivity contribution is -0.150. The molecule has 0 bridgehead atoms. The Balaban J connectivity index is 1.50. The van der Waals surface area contributed by atoms with Crippen LogP contribution in [0.15, 0.2) is 54.6 Å². The highest BCUT2D eigenvalue weighted by Gasteiger charge is 2.55. The topological polar surface area (TPSA) is 52.7 Å². The molecule has 2 saturated heterocycles. The lowest BCUT2D eigenvalue weighted by atomic mass is 9.62. The van der Waals surface area contributed by atoms with E-state index in [2.05, 4.69) is 36.2 Å². The van der Waals surface area contributed by atoms with Crippen molar-refractivity contribution >= 4 is 23.4 Å². The molecule has 0 aromatic heterocycles. The first-order chi connectivity index (χ1) is 15.3. The molecule has 0 aliphatic carbocycles. The van der Waals surface area contributed by atoms with Crippen molar-refractivity contribution in [1.82, 2.24) is 15.1 Å². The number of halogens is 1. The molecule has 2 heterocycles. The summed E-state index contributed by atoms with van der Waals surface area (Å²) in [6, 6.07) is 17.9. The van der Waals surface area contributed by atoms with Gasteiger partial charge in [-0.1, -0.05) is 54.1 Å². The van der Waals surface area contributed by atoms with Crippen LogP contribution in [-0.2, 0) is 9.59 Å². The maximum absolute atomic E-state index is 13.4. The number of amides is 2. The predicted octanol–water partition coefficient (Wildman–Crippen LogP) is 4.59. The molecule has 2 aromatic carbocycles. The molecular formula is C26H32ClN3O2. The van der Waals surface area contributed by atoms with Gasteiger partial charge in [0.05, 0.1) is 0 Å². The van der Waals surface area contributed by atoms with E-state index in [1.54, 1.807) is 0 Å². The Kier molecular flexibility index (Phi) is 6.59. The second-order valence-corrected chi connectivity index (χ2v) is 9.89. The zero-order valence-electron chi connectivity index (χ0n) is 19.1. The molecular weight excluding hydrogens is 422 g/mol. The zero-order valence-corrected chi connectivity index (χ0v) is 19.8. The van der Waals surface area contributed by atoms with Gasteiger partial charge >= 0.3 is 0 Å². The second kappa shape index (κ2) is 9.24. The van der Waals surface area contributed by atoms with E-state index in [1.165, 1.54) is 12.5 Å². The van der Waals surface area contributed by atoms with Crippen LogP contribution in [0.2, 0.25) is 5.02 Å². The van der Waals surface area contributed by atoms with Crippen LogP contribution in [0.25, 0.3) is 0 Å². The first-order valence-electron chi connectivity index (χ1n) is 11.4. The molecule has 2 aliphatic heterocycles. The monoisotopic (exact) mass is 453 g/mol. The normalized spacial score (nSPS) is 21.3. The summed E-state index contributed by atoms with van der Waals surface area (Å²) in [7, 11) is 0. The summed E-state index contributed by atoms with van der Waals surface area (Å²) in [4.78, 5) is 29.7. The number of hydrogen-bond donors (Lipinski definition) is 1. The van der Waals surface area contributed by atoms with Crippen LogP contribution in [0.1, 0.15) is 56.8 Å². The second-order valence-electron chi connectivity index (χ2n) is 9.45. The molecule has 0 radical (unpaired) electrons. The Hall–Kier alpha value is -2.37. The number of likely N-dealkylation sites (tertiary alicyclic amines) is 2. The summed E-state index contributed by atoms with van der Waals surface area (Å²) >= 11 is 6.14. The van der Waals surface area contributed by atoms with Crippen molar-refractivity contribution in [3.63, 3.8) is 0 Å². The van der Waals surface area contributed by atoms with Gasteiger partial charge in [-0.15, -0.1) is 0 Å². The average molecular weight is 454 g/mol. The maximum atomic E-state index is 13.4. The van der Waals surface area contributed by atoms with Crippen LogP contribution in [0.3, 0.4) is 0 Å². The highest BCUT2D eigenvalue weighted by Crippen LogP contribution is 2.55. The molecule has 1 N–H and O–H groups in total. The summed E-state index contributed by atoms with van der Waals surface area (Å²) in [5.41, 5.74) is 2.29. The summed E-state index contributed by atoms with van der Waals surface area (Å²) in [5, 5.41) is 3.61. The first kappa shape index (κ1) is 22.8. The van der Waals surface area contributed by atoms with Crippen LogP contribution in [0.4, 0.5) is 0 Å². The van der Waals surface area contributed by atoms with Crippen LogP contribution in [-0.4, -0.2) is 47.3 Å². The lowest BCUT2D eigenvalue weighted by Gasteiger charge is -2.62. The van der Waals surface area contributed by atoms with Gasteiger partial charge in [-0.2, -0.15) is 0 Å². The quantitative estimate of drug-likeness (QED) is 0.720. The van der Waals surface area contributed by atoms with Gasteiger partial charge in [0, 0.05) is 49.1 Å². The number of piperidine rings is 1. The fraction of sp³-hybridized carbons (Fsp3) is 0.462. The number of nitrogens with one attached hydrogen (secondary N) is 1. The molecule has 0 saturated carbocycles. The third-order valence-electron chi connectivity index (χ3n) is 7.06. The van der Waals surface area contributed by atoms with Crippen molar-refractivity contribution in [2.24, 2.45) is 5.41 Å². The number of rotatable bonds is 5. The number of carbonyl (C=O) groups excluding carboxylic acids is 2. The average Bonchev–Trinajstić information content (AvgIpc) is 2.77. The Labute approximate surface area is 195 Å². The van der Waals surface area contributed by atoms with E-state index < -0.39 is 6.04 Å². The van der Waals surface area contributed by atoms with Gasteiger partial charge in [0.15, 0.2) is 0 Å². The minimum absolute atomic E-state index is 0.0238. The largest absolute Gasteiger partial charge is 0.341 e. The summed E-state index contributed by atoms with van der Waals surface area (Å²) in [6.07, 6.45) is 1.91. The third-order valence-corrected chi connectivity index (χ3v) is 7.31. The van der Waals surface area contributed by atoms with Crippen molar-refractivity contribution in [3.05, 3.63) is 70.7 Å². The van der Waals surface area contributed by atoms with Crippen LogP contribution in [0.5, 0.6) is 0 Å². The molecule has 170 valence electrons. The fourth-order valence-corrected chi connectivity index (χ4v) is 5.50. The van der Waals surface area contributed by atoms with E-state index in [9.17, 15) is 9.59 Å². The molecule has 5 nitrogen and oxygen atoms in total. The zero-order chi connectivity index (χ0) is 22.9. The van der Waals surface area contributed by atoms with Gasteiger partial charge in [-0.25, -0.2) is 0 Å². The minimum atomic E-state index is -0.636. The first-order valence-corrected chi connectivity index (χ1v) is 11.8. The number of benzene rings is 2. The molecule has 2 aliphatic rings. The minimum Gasteiger partial charge on any atom is -0.341 e. The fourth-order valence-electron chi connectivity index (χ4n) is 5.37. The van der Waals surface area contributed by atoms with Gasteiger partial charge in [-0.05, 0) is 49.9 Å². The van der Waals surface area contributed by atoms with Crippen LogP contribution < -0.4 is 5.32 Å². The maximum Gasteiger partial charge on any atom is 0.249 e. The van der Waals surface area contributed by atoms with Crippen molar-refractivity contribution in [1.29, 1.82) is 0 Å². The summed E-state index contributed by atoms with van der Waals surface area (Å²) in [5.74, 6) is -0.223. The Morgan fingerprint density at radius 1 is 1.03 bits per heavy atom. The molecule has 1 spiro atoms. The Bertz CT molecular complexity index is 953. The number of hydrogen-bond acceptors (Lipinski definition) is 3. The summed E-state index contributed by atoms with van der Waals surface area (Å²) < 4.78 is 0. The van der Waals surface area contributed by atoms with Crippen LogP contribution >= 0.6 is 11.6 Å². The molecule has 2 fully saturated rings. The molecule has 4 rings (SSSR count). The Morgan fingerprint density at radius 2 is 1.66 bits per heavy atom. The molecule has 2 aromatic rings. The number of carbonyl (C=O) groups is 2. The molecule has 2 atom stereocenters. The van der Waals surface area contributed by atoms with E-state index in [0.717, 1.165) is 30.0 Å². The van der Waals surface area contributed by atoms with E-state index in [1.807, 2.05) is 47.4 Å². The van der Waals surface area contributed by atoms with E-state index in [4.69, 9.17) is 11.6 Å². The highest BCUT2D eigenvalue weighted by atomic mass is 35.5. The van der Waals surface area contributed by atoms with Crippen LogP contribution in [0, 0.1) is 5.41 Å². The summed E-state index contributed by atoms with van der Waals surface area (Å²) in [6.45, 7) is 8.40. The van der Waals surface area contributed by atoms with E-state index in [-0.39, 0.29) is 17.2 Å². The van der Waals surface area contributed by atoms with Crippen molar-refractivity contribution < 1.29 is 9.59 Å². The Morgan fingerprint density at radius 3 is 2.22 bits per heavy atom. The van der Waals surface area contributed by atoms with Gasteiger partial charge in [0.2, 0.25) is 11.8 Å². The van der Waals surface area contributed by atoms with Crippen molar-refractivity contribution in [2.45, 2.75) is 51.7 Å². The predicted molar refractivity (Wildman–Crippen MR) is 127 cm³/mol. The van der Waals surface area contributed by atoms with Gasteiger partial charge in [0.1, 0.15) is 6.04 Å². The van der Waals surface area contributed by atoms with E-state index >= 15 is 0 Å². The van der Waals surface area contributed by atoms with Gasteiger partial charge in [-0.3, -0.25) is 14.5 Å². The lowest BCUT2D eigenvalue weighted by Crippen LogP contribution is -2.64. The standard InChI is InChI=1S/C26H32ClN3O2/c1-18(2)30-17-26(24(30)21-9-11-22(27)12-10-21)13-15-29(16-14-26)25(32)23(28-19(3)31)20-7-5-4-6-8-20/h4-12,18,23-24H,13-17H2,1-3H3,(H,28,31).